The van der Waals surface area contributed by atoms with E-state index in [0.717, 1.165) is 5.56 Å². The SMILES string of the molecule is C=CC[C@H](CO)NC(=O)COc1ccccc1C. The molecule has 0 aliphatic carbocycles. The fourth-order valence-electron chi connectivity index (χ4n) is 1.51. The van der Waals surface area contributed by atoms with Gasteiger partial charge in [-0.15, -0.1) is 6.58 Å². The number of rotatable bonds is 7. The number of nitrogens with one attached hydrogen (secondary N) is 1. The molecule has 18 heavy (non-hydrogen) atoms. The number of carbonyl (C=O) groups excluding carboxylic acids is 1. The fourth-order valence-corrected chi connectivity index (χ4v) is 1.51. The molecule has 1 rings (SSSR count). The minimum absolute atomic E-state index is 0.0570. The maximum absolute atomic E-state index is 11.6. The minimum atomic E-state index is -0.296. The molecule has 0 bridgehead atoms. The van der Waals surface area contributed by atoms with Gasteiger partial charge in [-0.3, -0.25) is 4.79 Å². The monoisotopic (exact) mass is 249 g/mol. The van der Waals surface area contributed by atoms with Crippen LogP contribution in [-0.4, -0.2) is 30.3 Å². The van der Waals surface area contributed by atoms with Crippen LogP contribution in [0.25, 0.3) is 0 Å². The summed E-state index contributed by atoms with van der Waals surface area (Å²) < 4.78 is 5.40. The van der Waals surface area contributed by atoms with Crippen molar-refractivity contribution in [3.8, 4) is 5.75 Å². The molecule has 1 aromatic rings. The highest BCUT2D eigenvalue weighted by atomic mass is 16.5. The summed E-state index contributed by atoms with van der Waals surface area (Å²) >= 11 is 0. The molecule has 0 radical (unpaired) electrons. The van der Waals surface area contributed by atoms with Crippen LogP contribution in [0.3, 0.4) is 0 Å². The van der Waals surface area contributed by atoms with Crippen LogP contribution in [0.2, 0.25) is 0 Å². The molecule has 0 heterocycles. The summed E-state index contributed by atoms with van der Waals surface area (Å²) in [4.78, 5) is 11.6. The van der Waals surface area contributed by atoms with E-state index in [1.54, 1.807) is 6.08 Å². The number of hydrogen-bond acceptors (Lipinski definition) is 3. The van der Waals surface area contributed by atoms with Crippen molar-refractivity contribution >= 4 is 5.91 Å². The van der Waals surface area contributed by atoms with E-state index in [2.05, 4.69) is 11.9 Å². The van der Waals surface area contributed by atoms with Gasteiger partial charge >= 0.3 is 0 Å². The fraction of sp³-hybridized carbons (Fsp3) is 0.357. The maximum atomic E-state index is 11.6. The summed E-state index contributed by atoms with van der Waals surface area (Å²) in [5.41, 5.74) is 0.982. The normalized spacial score (nSPS) is 11.7. The Kier molecular flexibility index (Phi) is 5.94. The Hall–Kier alpha value is -1.81. The summed E-state index contributed by atoms with van der Waals surface area (Å²) in [7, 11) is 0. The van der Waals surface area contributed by atoms with E-state index in [-0.39, 0.29) is 25.2 Å². The highest BCUT2D eigenvalue weighted by molar-refractivity contribution is 5.77. The smallest absolute Gasteiger partial charge is 0.258 e. The predicted molar refractivity (Wildman–Crippen MR) is 70.5 cm³/mol. The van der Waals surface area contributed by atoms with Gasteiger partial charge in [-0.05, 0) is 25.0 Å². The van der Waals surface area contributed by atoms with E-state index in [4.69, 9.17) is 9.84 Å². The summed E-state index contributed by atoms with van der Waals surface area (Å²) in [6.45, 7) is 5.32. The second-order valence-corrected chi connectivity index (χ2v) is 4.03. The zero-order valence-corrected chi connectivity index (χ0v) is 10.6. The summed E-state index contributed by atoms with van der Waals surface area (Å²) in [5.74, 6) is 0.441. The van der Waals surface area contributed by atoms with Gasteiger partial charge in [-0.2, -0.15) is 0 Å². The molecular weight excluding hydrogens is 230 g/mol. The largest absolute Gasteiger partial charge is 0.484 e. The summed E-state index contributed by atoms with van der Waals surface area (Å²) in [6, 6.07) is 7.20. The van der Waals surface area contributed by atoms with Crippen molar-refractivity contribution in [1.29, 1.82) is 0 Å². The van der Waals surface area contributed by atoms with Crippen LogP contribution < -0.4 is 10.1 Å². The molecule has 0 aliphatic rings. The third-order valence-electron chi connectivity index (χ3n) is 2.49. The Balaban J connectivity index is 2.41. The lowest BCUT2D eigenvalue weighted by Crippen LogP contribution is -2.39. The lowest BCUT2D eigenvalue weighted by Gasteiger charge is -2.15. The van der Waals surface area contributed by atoms with Crippen molar-refractivity contribution in [2.24, 2.45) is 0 Å². The summed E-state index contributed by atoms with van der Waals surface area (Å²) in [5, 5.41) is 11.7. The van der Waals surface area contributed by atoms with Crippen LogP contribution in [0.4, 0.5) is 0 Å². The highest BCUT2D eigenvalue weighted by Gasteiger charge is 2.10. The van der Waals surface area contributed by atoms with Crippen LogP contribution in [0.15, 0.2) is 36.9 Å². The first kappa shape index (κ1) is 14.3. The zero-order chi connectivity index (χ0) is 13.4. The Bertz CT molecular complexity index is 404. The molecular formula is C14H19NO3. The second-order valence-electron chi connectivity index (χ2n) is 4.03. The molecule has 0 aliphatic heterocycles. The molecule has 4 heteroatoms. The first-order valence-electron chi connectivity index (χ1n) is 5.87. The molecule has 98 valence electrons. The van der Waals surface area contributed by atoms with Gasteiger partial charge in [-0.25, -0.2) is 0 Å². The van der Waals surface area contributed by atoms with Gasteiger partial charge < -0.3 is 15.2 Å². The molecule has 1 atom stereocenters. The van der Waals surface area contributed by atoms with E-state index in [9.17, 15) is 4.79 Å². The Morgan fingerprint density at radius 2 is 2.28 bits per heavy atom. The number of aliphatic hydroxyl groups is 1. The number of amides is 1. The minimum Gasteiger partial charge on any atom is -0.484 e. The molecule has 2 N–H and O–H groups in total. The van der Waals surface area contributed by atoms with Gasteiger partial charge in [-0.1, -0.05) is 24.3 Å². The highest BCUT2D eigenvalue weighted by Crippen LogP contribution is 2.15. The van der Waals surface area contributed by atoms with Crippen molar-refractivity contribution in [2.75, 3.05) is 13.2 Å². The second kappa shape index (κ2) is 7.50. The van der Waals surface area contributed by atoms with E-state index >= 15 is 0 Å². The van der Waals surface area contributed by atoms with Gasteiger partial charge in [0, 0.05) is 0 Å². The van der Waals surface area contributed by atoms with Gasteiger partial charge in [0.2, 0.25) is 0 Å². The van der Waals surface area contributed by atoms with Crippen LogP contribution in [0.5, 0.6) is 5.75 Å². The van der Waals surface area contributed by atoms with Crippen molar-refractivity contribution in [2.45, 2.75) is 19.4 Å². The molecule has 0 spiro atoms. The number of aliphatic hydroxyl groups excluding tert-OH is 1. The number of carbonyl (C=O) groups is 1. The van der Waals surface area contributed by atoms with Gasteiger partial charge in [0.25, 0.3) is 5.91 Å². The molecule has 4 nitrogen and oxygen atoms in total. The molecule has 0 unspecified atom stereocenters. The third-order valence-corrected chi connectivity index (χ3v) is 2.49. The average Bonchev–Trinajstić information content (AvgIpc) is 2.37. The molecule has 0 saturated heterocycles. The third kappa shape index (κ3) is 4.59. The number of aryl methyl sites for hydroxylation is 1. The quantitative estimate of drug-likeness (QED) is 0.719. The Morgan fingerprint density at radius 1 is 1.56 bits per heavy atom. The molecule has 1 aromatic carbocycles. The van der Waals surface area contributed by atoms with E-state index in [1.807, 2.05) is 31.2 Å². The molecule has 1 amide bonds. The molecule has 0 saturated carbocycles. The van der Waals surface area contributed by atoms with Crippen molar-refractivity contribution in [3.63, 3.8) is 0 Å². The first-order chi connectivity index (χ1) is 8.67. The topological polar surface area (TPSA) is 58.6 Å². The van der Waals surface area contributed by atoms with Crippen LogP contribution in [0.1, 0.15) is 12.0 Å². The lowest BCUT2D eigenvalue weighted by molar-refractivity contribution is -0.124. The number of hydrogen-bond donors (Lipinski definition) is 2. The zero-order valence-electron chi connectivity index (χ0n) is 10.6. The van der Waals surface area contributed by atoms with E-state index < -0.39 is 0 Å². The Morgan fingerprint density at radius 3 is 2.89 bits per heavy atom. The maximum Gasteiger partial charge on any atom is 0.258 e. The first-order valence-corrected chi connectivity index (χ1v) is 5.87. The van der Waals surface area contributed by atoms with Crippen molar-refractivity contribution < 1.29 is 14.6 Å². The van der Waals surface area contributed by atoms with Crippen LogP contribution >= 0.6 is 0 Å². The standard InChI is InChI=1S/C14H19NO3/c1-3-6-12(9-16)15-14(17)10-18-13-8-5-4-7-11(13)2/h3-5,7-8,12,16H,1,6,9-10H2,2H3,(H,15,17)/t12-/m1/s1. The van der Waals surface area contributed by atoms with E-state index in [0.29, 0.717) is 12.2 Å². The van der Waals surface area contributed by atoms with Gasteiger partial charge in [0.15, 0.2) is 6.61 Å². The Labute approximate surface area is 107 Å². The number of ether oxygens (including phenoxy) is 1. The average molecular weight is 249 g/mol. The number of para-hydroxylation sites is 1. The van der Waals surface area contributed by atoms with Crippen LogP contribution in [0, 0.1) is 6.92 Å². The summed E-state index contributed by atoms with van der Waals surface area (Å²) in [6.07, 6.45) is 2.19. The lowest BCUT2D eigenvalue weighted by atomic mass is 10.2. The predicted octanol–water partition coefficient (Wildman–Crippen LogP) is 1.43. The van der Waals surface area contributed by atoms with Crippen molar-refractivity contribution in [1.82, 2.24) is 5.32 Å². The molecule has 0 fully saturated rings. The molecule has 0 aromatic heterocycles. The van der Waals surface area contributed by atoms with Gasteiger partial charge in [0.1, 0.15) is 5.75 Å². The number of benzene rings is 1. The van der Waals surface area contributed by atoms with E-state index in [1.165, 1.54) is 0 Å². The van der Waals surface area contributed by atoms with Crippen LogP contribution in [-0.2, 0) is 4.79 Å². The van der Waals surface area contributed by atoms with Crippen molar-refractivity contribution in [3.05, 3.63) is 42.5 Å². The van der Waals surface area contributed by atoms with Gasteiger partial charge in [0.05, 0.1) is 12.6 Å².